The smallest absolute Gasteiger partial charge is 0.347 e. The van der Waals surface area contributed by atoms with Gasteiger partial charge < -0.3 is 20.1 Å². The molecule has 7 nitrogen and oxygen atoms in total. The van der Waals surface area contributed by atoms with Crippen LogP contribution >= 0.6 is 15.9 Å². The van der Waals surface area contributed by atoms with Gasteiger partial charge in [0.25, 0.3) is 0 Å². The first kappa shape index (κ1) is 20.0. The van der Waals surface area contributed by atoms with Crippen LogP contribution in [-0.4, -0.2) is 30.5 Å². The number of urea groups is 1. The molecule has 0 fully saturated rings. The van der Waals surface area contributed by atoms with Crippen molar-refractivity contribution in [3.05, 3.63) is 39.5 Å². The van der Waals surface area contributed by atoms with Crippen molar-refractivity contribution in [1.82, 2.24) is 10.6 Å². The number of esters is 1. The zero-order valence-corrected chi connectivity index (χ0v) is 16.6. The van der Waals surface area contributed by atoms with E-state index in [9.17, 15) is 14.4 Å². The highest BCUT2D eigenvalue weighted by molar-refractivity contribution is 9.10. The number of halogens is 1. The number of hydrogen-bond acceptors (Lipinski definition) is 5. The number of rotatable bonds is 6. The Morgan fingerprint density at radius 1 is 1.35 bits per heavy atom. The first-order chi connectivity index (χ1) is 12.2. The second-order valence-electron chi connectivity index (χ2n) is 5.83. The Morgan fingerprint density at radius 3 is 2.62 bits per heavy atom. The predicted octanol–water partition coefficient (Wildman–Crippen LogP) is 3.00. The van der Waals surface area contributed by atoms with E-state index >= 15 is 0 Å². The van der Waals surface area contributed by atoms with Crippen molar-refractivity contribution in [2.24, 2.45) is 0 Å². The van der Waals surface area contributed by atoms with Crippen LogP contribution in [0.4, 0.5) is 4.79 Å². The maximum Gasteiger partial charge on any atom is 0.347 e. The predicted molar refractivity (Wildman–Crippen MR) is 98.7 cm³/mol. The number of allylic oxidation sites excluding steroid dienone is 1. The molecule has 0 saturated heterocycles. The lowest BCUT2D eigenvalue weighted by Crippen LogP contribution is -2.44. The molecule has 140 valence electrons. The third-order valence-electron chi connectivity index (χ3n) is 3.86. The lowest BCUT2D eigenvalue weighted by molar-refractivity contribution is -0.150. The number of amides is 2. The van der Waals surface area contributed by atoms with Crippen molar-refractivity contribution >= 4 is 33.7 Å². The number of Topliss-reactive ketones (excluding diaryl/α,β-unsaturated/α-hetero) is 1. The van der Waals surface area contributed by atoms with Crippen LogP contribution in [0.3, 0.4) is 0 Å². The molecular formula is C18H21BrN2O5. The molecule has 1 aromatic rings. The fourth-order valence-corrected chi connectivity index (χ4v) is 3.19. The van der Waals surface area contributed by atoms with Gasteiger partial charge in [0, 0.05) is 11.3 Å². The van der Waals surface area contributed by atoms with Gasteiger partial charge in [0.1, 0.15) is 5.75 Å². The van der Waals surface area contributed by atoms with Crippen LogP contribution in [0.15, 0.2) is 33.9 Å². The highest BCUT2D eigenvalue weighted by Gasteiger charge is 2.29. The summed E-state index contributed by atoms with van der Waals surface area (Å²) in [7, 11) is 0. The van der Waals surface area contributed by atoms with E-state index in [1.54, 1.807) is 39.0 Å². The molecule has 8 heteroatoms. The molecule has 26 heavy (non-hydrogen) atoms. The Balaban J connectivity index is 2.28. The highest BCUT2D eigenvalue weighted by Crippen LogP contribution is 2.33. The molecule has 1 aliphatic rings. The number of ketones is 1. The van der Waals surface area contributed by atoms with E-state index in [2.05, 4.69) is 26.6 Å². The van der Waals surface area contributed by atoms with E-state index in [0.717, 1.165) is 0 Å². The molecule has 0 bridgehead atoms. The van der Waals surface area contributed by atoms with Gasteiger partial charge in [-0.05, 0) is 61.3 Å². The molecule has 2 rings (SSSR count). The quantitative estimate of drug-likeness (QED) is 0.684. The summed E-state index contributed by atoms with van der Waals surface area (Å²) >= 11 is 3.41. The second-order valence-corrected chi connectivity index (χ2v) is 6.68. The normalized spacial score (nSPS) is 17.9. The Morgan fingerprint density at radius 2 is 2.04 bits per heavy atom. The average molecular weight is 425 g/mol. The molecule has 0 spiro atoms. The summed E-state index contributed by atoms with van der Waals surface area (Å²) in [5, 5.41) is 5.36. The van der Waals surface area contributed by atoms with E-state index in [4.69, 9.17) is 9.47 Å². The number of nitrogens with one attached hydrogen (secondary N) is 2. The molecule has 1 heterocycles. The van der Waals surface area contributed by atoms with Gasteiger partial charge in [0.15, 0.2) is 11.9 Å². The molecular weight excluding hydrogens is 404 g/mol. The number of ether oxygens (including phenoxy) is 2. The van der Waals surface area contributed by atoms with Crippen LogP contribution < -0.4 is 15.4 Å². The third-order valence-corrected chi connectivity index (χ3v) is 4.48. The van der Waals surface area contributed by atoms with Crippen molar-refractivity contribution < 1.29 is 23.9 Å². The highest BCUT2D eigenvalue weighted by atomic mass is 79.9. The van der Waals surface area contributed by atoms with E-state index in [0.29, 0.717) is 27.1 Å². The summed E-state index contributed by atoms with van der Waals surface area (Å²) < 4.78 is 11.1. The molecule has 0 saturated carbocycles. The average Bonchev–Trinajstić information content (AvgIpc) is 2.55. The summed E-state index contributed by atoms with van der Waals surface area (Å²) in [5.74, 6) is -0.126. The van der Waals surface area contributed by atoms with Gasteiger partial charge in [0.2, 0.25) is 0 Å². The van der Waals surface area contributed by atoms with Crippen molar-refractivity contribution in [2.75, 3.05) is 6.61 Å². The second kappa shape index (κ2) is 8.35. The van der Waals surface area contributed by atoms with Gasteiger partial charge in [-0.1, -0.05) is 6.07 Å². The Bertz CT molecular complexity index is 775. The van der Waals surface area contributed by atoms with E-state index in [-0.39, 0.29) is 18.4 Å². The van der Waals surface area contributed by atoms with Crippen LogP contribution in [0.2, 0.25) is 0 Å². The molecule has 1 aromatic carbocycles. The van der Waals surface area contributed by atoms with Gasteiger partial charge in [0.05, 0.1) is 17.1 Å². The molecule has 1 aliphatic heterocycles. The molecule has 2 amide bonds. The molecule has 2 atom stereocenters. The van der Waals surface area contributed by atoms with Crippen LogP contribution in [0.1, 0.15) is 39.3 Å². The third kappa shape index (κ3) is 4.43. The van der Waals surface area contributed by atoms with Gasteiger partial charge in [-0.3, -0.25) is 4.79 Å². The van der Waals surface area contributed by atoms with Crippen molar-refractivity contribution in [2.45, 2.75) is 39.8 Å². The molecule has 0 radical (unpaired) electrons. The van der Waals surface area contributed by atoms with Crippen LogP contribution in [0.25, 0.3) is 0 Å². The number of carbonyl (C=O) groups is 3. The summed E-state index contributed by atoms with van der Waals surface area (Å²) in [6, 6.07) is 4.24. The van der Waals surface area contributed by atoms with Gasteiger partial charge in [-0.15, -0.1) is 0 Å². The van der Waals surface area contributed by atoms with Gasteiger partial charge in [-0.25, -0.2) is 9.59 Å². The van der Waals surface area contributed by atoms with Gasteiger partial charge >= 0.3 is 12.0 Å². The monoisotopic (exact) mass is 424 g/mol. The Kier molecular flexibility index (Phi) is 6.42. The van der Waals surface area contributed by atoms with Crippen LogP contribution in [0, 0.1) is 0 Å². The number of carbonyl (C=O) groups excluding carboxylic acids is 3. The fourth-order valence-electron chi connectivity index (χ4n) is 2.70. The minimum absolute atomic E-state index is 0.132. The van der Waals surface area contributed by atoms with E-state index in [1.807, 2.05) is 0 Å². The molecule has 0 aromatic heterocycles. The fraction of sp³-hybridized carbons (Fsp3) is 0.389. The summed E-state index contributed by atoms with van der Waals surface area (Å²) in [5.41, 5.74) is 1.73. The molecule has 0 unspecified atom stereocenters. The lowest BCUT2D eigenvalue weighted by Gasteiger charge is -2.28. The first-order valence-electron chi connectivity index (χ1n) is 8.16. The minimum atomic E-state index is -0.759. The molecule has 0 aliphatic carbocycles. The summed E-state index contributed by atoms with van der Waals surface area (Å²) in [6.07, 6.45) is -0.759. The largest absolute Gasteiger partial charge is 0.478 e. The minimum Gasteiger partial charge on any atom is -0.478 e. The number of hydrogen-bond donors (Lipinski definition) is 2. The standard InChI is InChI=1S/C18H21BrN2O5/c1-5-25-17(23)11(4)26-14-7-6-12(8-13(14)19)16-15(10(3)22)9(2)20-18(24)21-16/h6-8,11,16H,5H2,1-4H3,(H2,20,21,24)/t11-,16+/m1/s1. The van der Waals surface area contributed by atoms with E-state index in [1.165, 1.54) is 6.92 Å². The Labute approximate surface area is 160 Å². The van der Waals surface area contributed by atoms with Crippen LogP contribution in [-0.2, 0) is 14.3 Å². The first-order valence-corrected chi connectivity index (χ1v) is 8.95. The topological polar surface area (TPSA) is 93.7 Å². The van der Waals surface area contributed by atoms with Crippen LogP contribution in [0.5, 0.6) is 5.75 Å². The molecule has 2 N–H and O–H groups in total. The summed E-state index contributed by atoms with van der Waals surface area (Å²) in [6.45, 7) is 6.76. The van der Waals surface area contributed by atoms with Crippen molar-refractivity contribution in [3.63, 3.8) is 0 Å². The van der Waals surface area contributed by atoms with Crippen molar-refractivity contribution in [1.29, 1.82) is 0 Å². The lowest BCUT2D eigenvalue weighted by atomic mass is 9.93. The van der Waals surface area contributed by atoms with Gasteiger partial charge in [-0.2, -0.15) is 0 Å². The number of benzene rings is 1. The van der Waals surface area contributed by atoms with Crippen molar-refractivity contribution in [3.8, 4) is 5.75 Å². The SMILES string of the molecule is CCOC(=O)[C@@H](C)Oc1ccc([C@@H]2NC(=O)NC(C)=C2C(C)=O)cc1Br. The maximum atomic E-state index is 12.0. The van der Waals surface area contributed by atoms with E-state index < -0.39 is 18.1 Å². The maximum absolute atomic E-state index is 12.0. The summed E-state index contributed by atoms with van der Waals surface area (Å²) in [4.78, 5) is 35.5. The zero-order chi connectivity index (χ0) is 19.4. The zero-order valence-electron chi connectivity index (χ0n) is 15.0. The Hall–Kier alpha value is -2.35.